The first kappa shape index (κ1) is 19.6. The van der Waals surface area contributed by atoms with Crippen molar-refractivity contribution in [2.24, 2.45) is 0 Å². The first-order valence-electron chi connectivity index (χ1n) is 8.96. The standard InChI is InChI=1S/C19H22ClN3O3S/c1-2-26-19(25)23-9-7-15(8-10-23)21-17(24)11-16-12-27-18(22-16)13-3-5-14(20)6-4-13/h3-6,12,15H,2,7-11H2,1H3,(H,21,24). The molecule has 1 fully saturated rings. The Hall–Kier alpha value is -2.12. The molecule has 6 nitrogen and oxygen atoms in total. The Bertz CT molecular complexity index is 786. The lowest BCUT2D eigenvalue weighted by atomic mass is 10.1. The van der Waals surface area contributed by atoms with E-state index in [4.69, 9.17) is 16.3 Å². The second-order valence-corrected chi connectivity index (χ2v) is 7.65. The number of rotatable bonds is 5. The summed E-state index contributed by atoms with van der Waals surface area (Å²) in [5.41, 5.74) is 1.74. The number of amides is 2. The fourth-order valence-corrected chi connectivity index (χ4v) is 3.93. The molecule has 1 aliphatic rings. The van der Waals surface area contributed by atoms with Crippen LogP contribution in [0.15, 0.2) is 29.6 Å². The van der Waals surface area contributed by atoms with Crippen LogP contribution in [0.3, 0.4) is 0 Å². The van der Waals surface area contributed by atoms with Crippen LogP contribution in [0.5, 0.6) is 0 Å². The molecule has 0 saturated carbocycles. The minimum absolute atomic E-state index is 0.0439. The van der Waals surface area contributed by atoms with Gasteiger partial charge in [-0.25, -0.2) is 9.78 Å². The molecule has 144 valence electrons. The molecule has 2 amide bonds. The molecule has 1 saturated heterocycles. The van der Waals surface area contributed by atoms with Crippen LogP contribution in [0.25, 0.3) is 10.6 Å². The van der Waals surface area contributed by atoms with Crippen LogP contribution in [0.4, 0.5) is 4.79 Å². The van der Waals surface area contributed by atoms with E-state index >= 15 is 0 Å². The number of likely N-dealkylation sites (tertiary alicyclic amines) is 1. The number of nitrogens with zero attached hydrogens (tertiary/aromatic N) is 2. The third-order valence-corrected chi connectivity index (χ3v) is 5.56. The maximum atomic E-state index is 12.3. The Morgan fingerprint density at radius 1 is 1.30 bits per heavy atom. The van der Waals surface area contributed by atoms with Crippen LogP contribution in [-0.2, 0) is 16.0 Å². The molecule has 0 bridgehead atoms. The van der Waals surface area contributed by atoms with Crippen molar-refractivity contribution in [2.45, 2.75) is 32.2 Å². The number of carbonyl (C=O) groups is 2. The van der Waals surface area contributed by atoms with E-state index in [9.17, 15) is 9.59 Å². The van der Waals surface area contributed by atoms with Crippen LogP contribution >= 0.6 is 22.9 Å². The molecule has 1 N–H and O–H groups in total. The fraction of sp³-hybridized carbons (Fsp3) is 0.421. The highest BCUT2D eigenvalue weighted by Crippen LogP contribution is 2.25. The van der Waals surface area contributed by atoms with Gasteiger partial charge in [0.2, 0.25) is 5.91 Å². The Labute approximate surface area is 167 Å². The molecule has 2 heterocycles. The molecular formula is C19H22ClN3O3S. The van der Waals surface area contributed by atoms with Gasteiger partial charge in [0.05, 0.1) is 18.7 Å². The molecule has 0 unspecified atom stereocenters. The van der Waals surface area contributed by atoms with Crippen molar-refractivity contribution < 1.29 is 14.3 Å². The molecule has 2 aromatic rings. The zero-order valence-corrected chi connectivity index (χ0v) is 16.7. The summed E-state index contributed by atoms with van der Waals surface area (Å²) < 4.78 is 5.01. The highest BCUT2D eigenvalue weighted by molar-refractivity contribution is 7.13. The smallest absolute Gasteiger partial charge is 0.409 e. The molecule has 1 aliphatic heterocycles. The first-order valence-corrected chi connectivity index (χ1v) is 10.2. The summed E-state index contributed by atoms with van der Waals surface area (Å²) in [4.78, 5) is 30.3. The molecule has 0 aliphatic carbocycles. The van der Waals surface area contributed by atoms with Crippen LogP contribution < -0.4 is 5.32 Å². The van der Waals surface area contributed by atoms with Gasteiger partial charge in [-0.3, -0.25) is 4.79 Å². The van der Waals surface area contributed by atoms with Crippen molar-refractivity contribution >= 4 is 34.9 Å². The van der Waals surface area contributed by atoms with Crippen LogP contribution in [0, 0.1) is 0 Å². The van der Waals surface area contributed by atoms with Gasteiger partial charge in [-0.05, 0) is 31.9 Å². The molecule has 0 atom stereocenters. The number of hydrogen-bond donors (Lipinski definition) is 1. The van der Waals surface area contributed by atoms with Crippen molar-refractivity contribution in [1.82, 2.24) is 15.2 Å². The quantitative estimate of drug-likeness (QED) is 0.819. The number of hydrogen-bond acceptors (Lipinski definition) is 5. The van der Waals surface area contributed by atoms with Crippen molar-refractivity contribution in [1.29, 1.82) is 0 Å². The zero-order valence-electron chi connectivity index (χ0n) is 15.1. The highest BCUT2D eigenvalue weighted by Gasteiger charge is 2.24. The Morgan fingerprint density at radius 3 is 2.67 bits per heavy atom. The van der Waals surface area contributed by atoms with E-state index < -0.39 is 0 Å². The van der Waals surface area contributed by atoms with Crippen LogP contribution in [-0.4, -0.2) is 47.6 Å². The average molecular weight is 408 g/mol. The summed E-state index contributed by atoms with van der Waals surface area (Å²) in [7, 11) is 0. The van der Waals surface area contributed by atoms with E-state index in [0.717, 1.165) is 29.1 Å². The van der Waals surface area contributed by atoms with Crippen LogP contribution in [0.1, 0.15) is 25.5 Å². The van der Waals surface area contributed by atoms with Gasteiger partial charge >= 0.3 is 6.09 Å². The molecule has 3 rings (SSSR count). The summed E-state index contributed by atoms with van der Waals surface area (Å²) >= 11 is 7.42. The second kappa shape index (κ2) is 9.19. The van der Waals surface area contributed by atoms with Gasteiger partial charge in [-0.2, -0.15) is 0 Å². The second-order valence-electron chi connectivity index (χ2n) is 6.36. The van der Waals surface area contributed by atoms with E-state index in [1.807, 2.05) is 29.6 Å². The topological polar surface area (TPSA) is 71.5 Å². The lowest BCUT2D eigenvalue weighted by Crippen LogP contribution is -2.47. The third-order valence-electron chi connectivity index (χ3n) is 4.37. The number of halogens is 1. The Balaban J connectivity index is 1.48. The number of benzene rings is 1. The molecule has 1 aromatic heterocycles. The monoisotopic (exact) mass is 407 g/mol. The Morgan fingerprint density at radius 2 is 2.00 bits per heavy atom. The van der Waals surface area contributed by atoms with Gasteiger partial charge in [0.25, 0.3) is 0 Å². The van der Waals surface area contributed by atoms with Crippen molar-refractivity contribution in [2.75, 3.05) is 19.7 Å². The normalized spacial score (nSPS) is 14.8. The van der Waals surface area contributed by atoms with Gasteiger partial charge in [0.15, 0.2) is 0 Å². The molecular weight excluding hydrogens is 386 g/mol. The number of nitrogens with one attached hydrogen (secondary N) is 1. The summed E-state index contributed by atoms with van der Waals surface area (Å²) in [6, 6.07) is 7.57. The largest absolute Gasteiger partial charge is 0.450 e. The maximum absolute atomic E-state index is 12.3. The maximum Gasteiger partial charge on any atom is 0.409 e. The van der Waals surface area contributed by atoms with Crippen molar-refractivity contribution in [3.05, 3.63) is 40.4 Å². The number of thiazole rings is 1. The van der Waals surface area contributed by atoms with E-state index in [-0.39, 0.29) is 24.5 Å². The number of piperidine rings is 1. The number of ether oxygens (including phenoxy) is 1. The number of aromatic nitrogens is 1. The SMILES string of the molecule is CCOC(=O)N1CCC(NC(=O)Cc2csc(-c3ccc(Cl)cc3)n2)CC1. The van der Waals surface area contributed by atoms with Crippen molar-refractivity contribution in [3.63, 3.8) is 0 Å². The zero-order chi connectivity index (χ0) is 19.2. The van der Waals surface area contributed by atoms with Gasteiger partial charge < -0.3 is 15.0 Å². The van der Waals surface area contributed by atoms with Gasteiger partial charge in [0, 0.05) is 35.1 Å². The highest BCUT2D eigenvalue weighted by atomic mass is 35.5. The molecule has 27 heavy (non-hydrogen) atoms. The summed E-state index contributed by atoms with van der Waals surface area (Å²) in [5, 5.41) is 6.51. The third kappa shape index (κ3) is 5.43. The molecule has 0 spiro atoms. The first-order chi connectivity index (χ1) is 13.0. The molecule has 1 aromatic carbocycles. The molecule has 0 radical (unpaired) electrons. The van der Waals surface area contributed by atoms with E-state index in [0.29, 0.717) is 24.7 Å². The fourth-order valence-electron chi connectivity index (χ4n) is 2.98. The van der Waals surface area contributed by atoms with E-state index in [2.05, 4.69) is 10.3 Å². The predicted molar refractivity (Wildman–Crippen MR) is 106 cm³/mol. The van der Waals surface area contributed by atoms with E-state index in [1.54, 1.807) is 11.8 Å². The van der Waals surface area contributed by atoms with E-state index in [1.165, 1.54) is 11.3 Å². The summed E-state index contributed by atoms with van der Waals surface area (Å²) in [6.07, 6.45) is 1.44. The predicted octanol–water partition coefficient (Wildman–Crippen LogP) is 3.74. The number of carbonyl (C=O) groups excluding carboxylic acids is 2. The lowest BCUT2D eigenvalue weighted by Gasteiger charge is -2.31. The lowest BCUT2D eigenvalue weighted by molar-refractivity contribution is -0.121. The molecule has 8 heteroatoms. The summed E-state index contributed by atoms with van der Waals surface area (Å²) in [5.74, 6) is -0.0439. The summed E-state index contributed by atoms with van der Waals surface area (Å²) in [6.45, 7) is 3.37. The van der Waals surface area contributed by atoms with Crippen LogP contribution in [0.2, 0.25) is 5.02 Å². The van der Waals surface area contributed by atoms with Gasteiger partial charge in [-0.15, -0.1) is 11.3 Å². The van der Waals surface area contributed by atoms with Gasteiger partial charge in [0.1, 0.15) is 5.01 Å². The minimum Gasteiger partial charge on any atom is -0.450 e. The average Bonchev–Trinajstić information content (AvgIpc) is 3.11. The minimum atomic E-state index is -0.278. The van der Waals surface area contributed by atoms with Crippen molar-refractivity contribution in [3.8, 4) is 10.6 Å². The Kier molecular flexibility index (Phi) is 6.68. The van der Waals surface area contributed by atoms with Gasteiger partial charge in [-0.1, -0.05) is 23.7 Å².